The fourth-order valence-corrected chi connectivity index (χ4v) is 1.11. The van der Waals surface area contributed by atoms with Crippen molar-refractivity contribution in [2.45, 2.75) is 12.8 Å². The molecule has 13 heavy (non-hydrogen) atoms. The summed E-state index contributed by atoms with van der Waals surface area (Å²) in [4.78, 5) is 3.69. The van der Waals surface area contributed by atoms with E-state index in [-0.39, 0.29) is 6.42 Å². The summed E-state index contributed by atoms with van der Waals surface area (Å²) in [6.07, 6.45) is -2.65. The van der Waals surface area contributed by atoms with Gasteiger partial charge in [0, 0.05) is 6.42 Å². The summed E-state index contributed by atoms with van der Waals surface area (Å²) < 4.78 is 24.1. The number of halogens is 2. The molecule has 0 aromatic heterocycles. The first-order valence-corrected chi connectivity index (χ1v) is 4.09. The fraction of sp³-hybridized carbons (Fsp3) is 0.222. The predicted octanol–water partition coefficient (Wildman–Crippen LogP) is 3.23. The molecule has 0 fully saturated rings. The van der Waals surface area contributed by atoms with Crippen LogP contribution < -0.4 is 0 Å². The second-order valence-corrected chi connectivity index (χ2v) is 2.61. The molecule has 0 amide bonds. The molecule has 1 aromatic carbocycles. The van der Waals surface area contributed by atoms with Gasteiger partial charge in [0.15, 0.2) is 0 Å². The van der Waals surface area contributed by atoms with Crippen molar-refractivity contribution in [2.24, 2.45) is 4.99 Å². The number of alkyl halides is 2. The SMILES string of the molecule is FC(F)Cc1ccccc1N=C=S. The van der Waals surface area contributed by atoms with Crippen LogP contribution in [0.15, 0.2) is 29.3 Å². The summed E-state index contributed by atoms with van der Waals surface area (Å²) in [5, 5.41) is 2.16. The Kier molecular flexibility index (Phi) is 3.68. The first-order chi connectivity index (χ1) is 6.24. The lowest BCUT2D eigenvalue weighted by Crippen LogP contribution is -1.96. The molecular weight excluding hydrogens is 192 g/mol. The van der Waals surface area contributed by atoms with Gasteiger partial charge in [-0.3, -0.25) is 0 Å². The number of aliphatic imine (C=N–C) groups is 1. The smallest absolute Gasteiger partial charge is 0.210 e. The molecule has 0 aliphatic carbocycles. The molecule has 0 aliphatic heterocycles. The Labute approximate surface area is 80.1 Å². The van der Waals surface area contributed by atoms with Gasteiger partial charge in [-0.15, -0.1) is 0 Å². The van der Waals surface area contributed by atoms with E-state index in [2.05, 4.69) is 22.4 Å². The molecule has 0 radical (unpaired) electrons. The van der Waals surface area contributed by atoms with Crippen LogP contribution in [0.3, 0.4) is 0 Å². The van der Waals surface area contributed by atoms with Crippen LogP contribution >= 0.6 is 12.2 Å². The highest BCUT2D eigenvalue weighted by molar-refractivity contribution is 7.78. The summed E-state index contributed by atoms with van der Waals surface area (Å²) in [5.74, 6) is 0. The Balaban J connectivity index is 2.97. The minimum absolute atomic E-state index is 0.295. The van der Waals surface area contributed by atoms with Crippen LogP contribution in [0.2, 0.25) is 0 Å². The highest BCUT2D eigenvalue weighted by Gasteiger charge is 2.07. The zero-order chi connectivity index (χ0) is 9.68. The normalized spacial score (nSPS) is 9.77. The number of benzene rings is 1. The maximum atomic E-state index is 12.1. The first kappa shape index (κ1) is 9.96. The van der Waals surface area contributed by atoms with Crippen molar-refractivity contribution in [1.82, 2.24) is 0 Å². The van der Waals surface area contributed by atoms with Gasteiger partial charge in [-0.2, -0.15) is 4.99 Å². The first-order valence-electron chi connectivity index (χ1n) is 3.68. The third-order valence-electron chi connectivity index (χ3n) is 1.53. The Bertz CT molecular complexity index is 332. The summed E-state index contributed by atoms with van der Waals surface area (Å²) in [6.45, 7) is 0. The number of para-hydroxylation sites is 1. The van der Waals surface area contributed by atoms with Crippen LogP contribution in [0.5, 0.6) is 0 Å². The van der Waals surface area contributed by atoms with Gasteiger partial charge in [0.2, 0.25) is 6.43 Å². The van der Waals surface area contributed by atoms with Crippen molar-refractivity contribution in [3.63, 3.8) is 0 Å². The van der Waals surface area contributed by atoms with E-state index >= 15 is 0 Å². The molecule has 4 heteroatoms. The van der Waals surface area contributed by atoms with Crippen molar-refractivity contribution in [1.29, 1.82) is 0 Å². The average molecular weight is 199 g/mol. The molecule has 0 heterocycles. The largest absolute Gasteiger partial charge is 0.242 e. The van der Waals surface area contributed by atoms with Crippen molar-refractivity contribution < 1.29 is 8.78 Å². The lowest BCUT2D eigenvalue weighted by molar-refractivity contribution is 0.149. The van der Waals surface area contributed by atoms with Crippen LogP contribution in [0.4, 0.5) is 14.5 Å². The number of nitrogens with zero attached hydrogens (tertiary/aromatic N) is 1. The number of hydrogen-bond donors (Lipinski definition) is 0. The van der Waals surface area contributed by atoms with Crippen LogP contribution in [0.25, 0.3) is 0 Å². The highest BCUT2D eigenvalue weighted by atomic mass is 32.1. The molecule has 68 valence electrons. The number of rotatable bonds is 3. The standard InChI is InChI=1S/C9H7F2NS/c10-9(11)5-7-3-1-2-4-8(7)12-6-13/h1-4,9H,5H2. The van der Waals surface area contributed by atoms with E-state index in [0.717, 1.165) is 0 Å². The van der Waals surface area contributed by atoms with Crippen molar-refractivity contribution in [2.75, 3.05) is 0 Å². The molecular formula is C9H7F2NS. The number of isothiocyanates is 1. The quantitative estimate of drug-likeness (QED) is 0.537. The molecule has 1 nitrogen and oxygen atoms in total. The summed E-state index contributed by atoms with van der Waals surface area (Å²) in [6, 6.07) is 6.66. The second-order valence-electron chi connectivity index (χ2n) is 2.43. The molecule has 0 N–H and O–H groups in total. The van der Waals surface area contributed by atoms with Crippen LogP contribution in [-0.4, -0.2) is 11.6 Å². The number of hydrogen-bond acceptors (Lipinski definition) is 2. The zero-order valence-electron chi connectivity index (χ0n) is 6.71. The fourth-order valence-electron chi connectivity index (χ4n) is 1.01. The summed E-state index contributed by atoms with van der Waals surface area (Å²) in [7, 11) is 0. The van der Waals surface area contributed by atoms with Gasteiger partial charge < -0.3 is 0 Å². The van der Waals surface area contributed by atoms with E-state index in [1.54, 1.807) is 24.3 Å². The molecule has 0 saturated carbocycles. The minimum Gasteiger partial charge on any atom is -0.210 e. The van der Waals surface area contributed by atoms with Crippen LogP contribution in [0, 0.1) is 0 Å². The topological polar surface area (TPSA) is 12.4 Å². The molecule has 0 bridgehead atoms. The van der Waals surface area contributed by atoms with Crippen molar-refractivity contribution in [3.05, 3.63) is 29.8 Å². The zero-order valence-corrected chi connectivity index (χ0v) is 7.52. The summed E-state index contributed by atoms with van der Waals surface area (Å²) in [5.41, 5.74) is 0.965. The van der Waals surface area contributed by atoms with E-state index in [4.69, 9.17) is 0 Å². The van der Waals surface area contributed by atoms with Crippen LogP contribution in [-0.2, 0) is 6.42 Å². The van der Waals surface area contributed by atoms with E-state index in [1.807, 2.05) is 0 Å². The third-order valence-corrected chi connectivity index (χ3v) is 1.62. The molecule has 1 rings (SSSR count). The molecule has 0 spiro atoms. The maximum Gasteiger partial charge on any atom is 0.242 e. The van der Waals surface area contributed by atoms with Crippen LogP contribution in [0.1, 0.15) is 5.56 Å². The number of thiocarbonyl (C=S) groups is 1. The Morgan fingerprint density at radius 1 is 1.38 bits per heavy atom. The lowest BCUT2D eigenvalue weighted by Gasteiger charge is -2.02. The van der Waals surface area contributed by atoms with Gasteiger partial charge in [-0.25, -0.2) is 8.78 Å². The average Bonchev–Trinajstić information content (AvgIpc) is 2.08. The van der Waals surface area contributed by atoms with E-state index < -0.39 is 6.43 Å². The maximum absolute atomic E-state index is 12.1. The minimum atomic E-state index is -2.36. The predicted molar refractivity (Wildman–Crippen MR) is 50.8 cm³/mol. The van der Waals surface area contributed by atoms with Gasteiger partial charge in [0.25, 0.3) is 0 Å². The molecule has 0 atom stereocenters. The van der Waals surface area contributed by atoms with Crippen molar-refractivity contribution >= 4 is 23.1 Å². The molecule has 0 unspecified atom stereocenters. The Morgan fingerprint density at radius 2 is 2.08 bits per heavy atom. The van der Waals surface area contributed by atoms with Gasteiger partial charge in [-0.05, 0) is 23.8 Å². The molecule has 1 aromatic rings. The highest BCUT2D eigenvalue weighted by Crippen LogP contribution is 2.20. The van der Waals surface area contributed by atoms with Gasteiger partial charge in [0.1, 0.15) is 0 Å². The monoisotopic (exact) mass is 199 g/mol. The van der Waals surface area contributed by atoms with E-state index in [1.165, 1.54) is 0 Å². The molecule has 0 saturated heterocycles. The lowest BCUT2D eigenvalue weighted by atomic mass is 10.1. The van der Waals surface area contributed by atoms with E-state index in [9.17, 15) is 8.78 Å². The molecule has 0 aliphatic rings. The van der Waals surface area contributed by atoms with Crippen molar-refractivity contribution in [3.8, 4) is 0 Å². The second kappa shape index (κ2) is 4.80. The van der Waals surface area contributed by atoms with Gasteiger partial charge in [-0.1, -0.05) is 18.2 Å². The van der Waals surface area contributed by atoms with Gasteiger partial charge >= 0.3 is 0 Å². The van der Waals surface area contributed by atoms with E-state index in [0.29, 0.717) is 11.3 Å². The summed E-state index contributed by atoms with van der Waals surface area (Å²) >= 11 is 4.40. The Morgan fingerprint density at radius 3 is 2.69 bits per heavy atom. The third kappa shape index (κ3) is 3.01. The van der Waals surface area contributed by atoms with Gasteiger partial charge in [0.05, 0.1) is 10.8 Å². The Hall–Kier alpha value is -1.12.